The molecule has 0 radical (unpaired) electrons. The Balaban J connectivity index is 1.52. The molecule has 6 nitrogen and oxygen atoms in total. The first kappa shape index (κ1) is 15.7. The largest absolute Gasteiger partial charge is 0.337 e. The molecule has 3 aliphatic rings. The van der Waals surface area contributed by atoms with Crippen molar-refractivity contribution in [2.45, 2.75) is 38.1 Å². The molecule has 0 aromatic rings. The maximum Gasteiger partial charge on any atom is 0.242 e. The van der Waals surface area contributed by atoms with E-state index in [0.717, 1.165) is 32.5 Å². The zero-order valence-corrected chi connectivity index (χ0v) is 13.4. The number of nitrogens with zero attached hydrogens (tertiary/aromatic N) is 3. The third-order valence-electron chi connectivity index (χ3n) is 5.13. The average Bonchev–Trinajstić information content (AvgIpc) is 2.99. The quantitative estimate of drug-likeness (QED) is 0.788. The van der Waals surface area contributed by atoms with Gasteiger partial charge in [0.2, 0.25) is 11.8 Å². The van der Waals surface area contributed by atoms with Crippen LogP contribution < -0.4 is 5.32 Å². The summed E-state index contributed by atoms with van der Waals surface area (Å²) < 4.78 is 0. The summed E-state index contributed by atoms with van der Waals surface area (Å²) in [6.45, 7) is 6.29. The second kappa shape index (κ2) is 7.42. The lowest BCUT2D eigenvalue weighted by Crippen LogP contribution is -2.53. The fraction of sp³-hybridized carbons (Fsp3) is 0.875. The summed E-state index contributed by atoms with van der Waals surface area (Å²) >= 11 is 0. The molecule has 0 unspecified atom stereocenters. The van der Waals surface area contributed by atoms with Crippen LogP contribution in [0.25, 0.3) is 0 Å². The van der Waals surface area contributed by atoms with Crippen LogP contribution >= 0.6 is 0 Å². The van der Waals surface area contributed by atoms with Crippen LogP contribution in [-0.2, 0) is 9.59 Å². The van der Waals surface area contributed by atoms with Gasteiger partial charge in [-0.2, -0.15) is 0 Å². The van der Waals surface area contributed by atoms with E-state index < -0.39 is 0 Å². The number of carbonyl (C=O) groups excluding carboxylic acids is 2. The number of nitrogens with one attached hydrogen (secondary N) is 1. The minimum Gasteiger partial charge on any atom is -0.337 e. The first-order chi connectivity index (χ1) is 10.7. The number of carbonyl (C=O) groups is 2. The second-order valence-electron chi connectivity index (χ2n) is 6.74. The maximum absolute atomic E-state index is 12.6. The van der Waals surface area contributed by atoms with Crippen molar-refractivity contribution in [3.63, 3.8) is 0 Å². The Kier molecular flexibility index (Phi) is 5.31. The molecule has 0 aromatic carbocycles. The average molecular weight is 308 g/mol. The van der Waals surface area contributed by atoms with Crippen molar-refractivity contribution >= 4 is 11.8 Å². The minimum atomic E-state index is 0.0476. The van der Waals surface area contributed by atoms with Crippen LogP contribution in [0.2, 0.25) is 0 Å². The predicted molar refractivity (Wildman–Crippen MR) is 84.5 cm³/mol. The summed E-state index contributed by atoms with van der Waals surface area (Å²) in [6.07, 6.45) is 6.12. The molecular formula is C16H28N4O2. The fourth-order valence-electron chi connectivity index (χ4n) is 3.86. The van der Waals surface area contributed by atoms with Gasteiger partial charge in [0.25, 0.3) is 0 Å². The van der Waals surface area contributed by atoms with Gasteiger partial charge in [-0.15, -0.1) is 0 Å². The van der Waals surface area contributed by atoms with Crippen LogP contribution in [0.1, 0.15) is 32.1 Å². The molecule has 0 aliphatic carbocycles. The molecule has 0 bridgehead atoms. The monoisotopic (exact) mass is 308 g/mol. The molecule has 0 saturated carbocycles. The van der Waals surface area contributed by atoms with Crippen molar-refractivity contribution in [2.75, 3.05) is 52.4 Å². The number of piperazine rings is 1. The lowest BCUT2D eigenvalue weighted by molar-refractivity contribution is -0.141. The molecular weight excluding hydrogens is 280 g/mol. The zero-order chi connectivity index (χ0) is 15.4. The Hall–Kier alpha value is -1.14. The molecule has 3 heterocycles. The van der Waals surface area contributed by atoms with Gasteiger partial charge in [-0.05, 0) is 38.8 Å². The maximum atomic E-state index is 12.6. The molecule has 3 rings (SSSR count). The number of hydrogen-bond donors (Lipinski definition) is 1. The van der Waals surface area contributed by atoms with Crippen LogP contribution in [0.15, 0.2) is 0 Å². The third-order valence-corrected chi connectivity index (χ3v) is 5.13. The van der Waals surface area contributed by atoms with Crippen molar-refractivity contribution in [1.82, 2.24) is 20.0 Å². The Labute approximate surface area is 132 Å². The van der Waals surface area contributed by atoms with E-state index in [4.69, 9.17) is 0 Å². The number of rotatable bonds is 4. The highest BCUT2D eigenvalue weighted by molar-refractivity contribution is 5.86. The standard InChI is InChI=1S/C16H28N4O2/c21-15-11-17-6-10-19(15)13-16(22)20-9-4-5-14(20)12-18-7-2-1-3-8-18/h14,17H,1-13H2/t14-/m1/s1. The van der Waals surface area contributed by atoms with Crippen molar-refractivity contribution in [1.29, 1.82) is 0 Å². The first-order valence-corrected chi connectivity index (χ1v) is 8.74. The van der Waals surface area contributed by atoms with E-state index in [0.29, 0.717) is 19.1 Å². The van der Waals surface area contributed by atoms with Crippen LogP contribution in [-0.4, -0.2) is 84.9 Å². The Bertz CT molecular complexity index is 409. The normalized spacial score (nSPS) is 27.5. The van der Waals surface area contributed by atoms with Gasteiger partial charge >= 0.3 is 0 Å². The van der Waals surface area contributed by atoms with Crippen LogP contribution in [0.4, 0.5) is 0 Å². The number of hydrogen-bond acceptors (Lipinski definition) is 4. The number of piperidine rings is 1. The zero-order valence-electron chi connectivity index (χ0n) is 13.4. The van der Waals surface area contributed by atoms with E-state index in [1.54, 1.807) is 4.90 Å². The van der Waals surface area contributed by atoms with Gasteiger partial charge in [0.05, 0.1) is 13.1 Å². The van der Waals surface area contributed by atoms with Gasteiger partial charge in [-0.25, -0.2) is 0 Å². The summed E-state index contributed by atoms with van der Waals surface area (Å²) in [5.41, 5.74) is 0. The van der Waals surface area contributed by atoms with Gasteiger partial charge < -0.3 is 20.0 Å². The predicted octanol–water partition coefficient (Wildman–Crippen LogP) is -0.105. The molecule has 6 heteroatoms. The lowest BCUT2D eigenvalue weighted by Gasteiger charge is -2.34. The Morgan fingerprint density at radius 2 is 1.91 bits per heavy atom. The van der Waals surface area contributed by atoms with Crippen molar-refractivity contribution in [3.8, 4) is 0 Å². The molecule has 124 valence electrons. The molecule has 1 N–H and O–H groups in total. The topological polar surface area (TPSA) is 55.9 Å². The second-order valence-corrected chi connectivity index (χ2v) is 6.74. The van der Waals surface area contributed by atoms with E-state index in [2.05, 4.69) is 10.2 Å². The Morgan fingerprint density at radius 3 is 2.68 bits per heavy atom. The highest BCUT2D eigenvalue weighted by Crippen LogP contribution is 2.20. The van der Waals surface area contributed by atoms with Gasteiger partial charge in [-0.3, -0.25) is 9.59 Å². The highest BCUT2D eigenvalue weighted by atomic mass is 16.2. The summed E-state index contributed by atoms with van der Waals surface area (Å²) in [4.78, 5) is 30.7. The summed E-state index contributed by atoms with van der Waals surface area (Å²) in [5, 5.41) is 3.05. The van der Waals surface area contributed by atoms with E-state index in [-0.39, 0.29) is 18.4 Å². The van der Waals surface area contributed by atoms with Crippen LogP contribution in [0.3, 0.4) is 0 Å². The van der Waals surface area contributed by atoms with Crippen molar-refractivity contribution in [3.05, 3.63) is 0 Å². The van der Waals surface area contributed by atoms with E-state index >= 15 is 0 Å². The van der Waals surface area contributed by atoms with Crippen molar-refractivity contribution in [2.24, 2.45) is 0 Å². The fourth-order valence-corrected chi connectivity index (χ4v) is 3.86. The van der Waals surface area contributed by atoms with Crippen molar-refractivity contribution < 1.29 is 9.59 Å². The van der Waals surface area contributed by atoms with E-state index in [1.165, 1.54) is 32.4 Å². The van der Waals surface area contributed by atoms with E-state index in [1.807, 2.05) is 4.90 Å². The smallest absolute Gasteiger partial charge is 0.242 e. The van der Waals surface area contributed by atoms with Crippen LogP contribution in [0, 0.1) is 0 Å². The molecule has 3 saturated heterocycles. The molecule has 22 heavy (non-hydrogen) atoms. The number of amides is 2. The Morgan fingerprint density at radius 1 is 1.09 bits per heavy atom. The third kappa shape index (κ3) is 3.79. The van der Waals surface area contributed by atoms with Gasteiger partial charge in [0, 0.05) is 32.2 Å². The SMILES string of the molecule is O=C1CNCCN1CC(=O)N1CCC[C@@H]1CN1CCCCC1. The van der Waals surface area contributed by atoms with Gasteiger partial charge in [-0.1, -0.05) is 6.42 Å². The molecule has 3 fully saturated rings. The highest BCUT2D eigenvalue weighted by Gasteiger charge is 2.32. The minimum absolute atomic E-state index is 0.0476. The molecule has 0 spiro atoms. The molecule has 1 atom stereocenters. The van der Waals surface area contributed by atoms with Gasteiger partial charge in [0.1, 0.15) is 0 Å². The summed E-state index contributed by atoms with van der Waals surface area (Å²) in [7, 11) is 0. The van der Waals surface area contributed by atoms with Gasteiger partial charge in [0.15, 0.2) is 0 Å². The molecule has 0 aromatic heterocycles. The van der Waals surface area contributed by atoms with E-state index in [9.17, 15) is 9.59 Å². The molecule has 3 aliphatic heterocycles. The lowest BCUT2D eigenvalue weighted by atomic mass is 10.1. The molecule has 2 amide bonds. The number of likely N-dealkylation sites (tertiary alicyclic amines) is 2. The summed E-state index contributed by atoms with van der Waals surface area (Å²) in [6, 6.07) is 0.351. The van der Waals surface area contributed by atoms with Crippen LogP contribution in [0.5, 0.6) is 0 Å². The first-order valence-electron chi connectivity index (χ1n) is 8.74. The summed E-state index contributed by atoms with van der Waals surface area (Å²) in [5.74, 6) is 0.182.